The van der Waals surface area contributed by atoms with Gasteiger partial charge in [0.2, 0.25) is 0 Å². The van der Waals surface area contributed by atoms with E-state index < -0.39 is 0 Å². The van der Waals surface area contributed by atoms with Crippen LogP contribution in [-0.2, 0) is 6.54 Å². The molecule has 0 aliphatic rings. The molecule has 126 valence electrons. The zero-order valence-corrected chi connectivity index (χ0v) is 15.1. The van der Waals surface area contributed by atoms with Crippen molar-refractivity contribution in [2.24, 2.45) is 0 Å². The summed E-state index contributed by atoms with van der Waals surface area (Å²) in [5.41, 5.74) is 3.12. The van der Waals surface area contributed by atoms with Crippen molar-refractivity contribution in [2.45, 2.75) is 19.5 Å². The molecule has 0 aliphatic heterocycles. The highest BCUT2D eigenvalue weighted by molar-refractivity contribution is 6.30. The standard InChI is InChI=1S/C20H23ClN2O/c1-14(13-23(2)3)22-12-16-8-9-17(21)11-18(16)20-10-15-6-4-5-7-19(15)24-20/h4-11,14,22H,12-13H2,1-3H3. The first kappa shape index (κ1) is 17.0. The average molecular weight is 343 g/mol. The predicted octanol–water partition coefficient (Wildman–Crippen LogP) is 4.79. The molecule has 0 spiro atoms. The lowest BCUT2D eigenvalue weighted by Crippen LogP contribution is -2.35. The minimum atomic E-state index is 0.402. The third kappa shape index (κ3) is 3.99. The second kappa shape index (κ2) is 7.39. The summed E-state index contributed by atoms with van der Waals surface area (Å²) >= 11 is 6.23. The number of furan rings is 1. The molecular weight excluding hydrogens is 320 g/mol. The first-order valence-electron chi connectivity index (χ1n) is 8.18. The third-order valence-electron chi connectivity index (χ3n) is 4.04. The molecule has 0 radical (unpaired) electrons. The molecule has 1 atom stereocenters. The van der Waals surface area contributed by atoms with Crippen molar-refractivity contribution in [3.05, 3.63) is 59.1 Å². The van der Waals surface area contributed by atoms with Gasteiger partial charge in [-0.25, -0.2) is 0 Å². The van der Waals surface area contributed by atoms with Gasteiger partial charge in [0, 0.05) is 35.1 Å². The van der Waals surface area contributed by atoms with E-state index >= 15 is 0 Å². The molecule has 1 aromatic heterocycles. The van der Waals surface area contributed by atoms with E-state index in [9.17, 15) is 0 Å². The fourth-order valence-electron chi connectivity index (χ4n) is 2.94. The van der Waals surface area contributed by atoms with E-state index in [1.807, 2.05) is 30.3 Å². The van der Waals surface area contributed by atoms with Crippen LogP contribution in [0.5, 0.6) is 0 Å². The highest BCUT2D eigenvalue weighted by Crippen LogP contribution is 2.32. The third-order valence-corrected chi connectivity index (χ3v) is 4.28. The number of nitrogens with one attached hydrogen (secondary N) is 1. The van der Waals surface area contributed by atoms with E-state index in [0.717, 1.165) is 40.4 Å². The van der Waals surface area contributed by atoms with E-state index in [4.69, 9.17) is 16.0 Å². The van der Waals surface area contributed by atoms with Crippen LogP contribution >= 0.6 is 11.6 Å². The van der Waals surface area contributed by atoms with Crippen molar-refractivity contribution in [3.8, 4) is 11.3 Å². The predicted molar refractivity (Wildman–Crippen MR) is 102 cm³/mol. The topological polar surface area (TPSA) is 28.4 Å². The van der Waals surface area contributed by atoms with Crippen LogP contribution in [0.3, 0.4) is 0 Å². The maximum Gasteiger partial charge on any atom is 0.135 e. The summed E-state index contributed by atoms with van der Waals surface area (Å²) in [6, 6.07) is 16.5. The van der Waals surface area contributed by atoms with Crippen molar-refractivity contribution >= 4 is 22.6 Å². The Labute approximate surface area is 148 Å². The fourth-order valence-corrected chi connectivity index (χ4v) is 3.12. The second-order valence-electron chi connectivity index (χ2n) is 6.49. The van der Waals surface area contributed by atoms with Gasteiger partial charge in [-0.2, -0.15) is 0 Å². The number of fused-ring (bicyclic) bond motifs is 1. The Bertz CT molecular complexity index is 792. The Morgan fingerprint density at radius 1 is 1.12 bits per heavy atom. The van der Waals surface area contributed by atoms with E-state index in [-0.39, 0.29) is 0 Å². The van der Waals surface area contributed by atoms with E-state index in [1.54, 1.807) is 0 Å². The van der Waals surface area contributed by atoms with Gasteiger partial charge in [-0.15, -0.1) is 0 Å². The number of para-hydroxylation sites is 1. The molecule has 24 heavy (non-hydrogen) atoms. The maximum absolute atomic E-state index is 6.23. The monoisotopic (exact) mass is 342 g/mol. The molecule has 1 heterocycles. The van der Waals surface area contributed by atoms with Gasteiger partial charge in [0.1, 0.15) is 11.3 Å². The van der Waals surface area contributed by atoms with Crippen LogP contribution in [0.15, 0.2) is 52.9 Å². The average Bonchev–Trinajstić information content (AvgIpc) is 2.97. The summed E-state index contributed by atoms with van der Waals surface area (Å²) in [5.74, 6) is 0.857. The number of nitrogens with zero attached hydrogens (tertiary/aromatic N) is 1. The molecule has 3 nitrogen and oxygen atoms in total. The molecule has 0 aliphatic carbocycles. The van der Waals surface area contributed by atoms with Gasteiger partial charge in [-0.05, 0) is 50.8 Å². The molecular formula is C20H23ClN2O. The molecule has 3 aromatic rings. The van der Waals surface area contributed by atoms with Crippen LogP contribution in [0.25, 0.3) is 22.3 Å². The zero-order chi connectivity index (χ0) is 17.1. The van der Waals surface area contributed by atoms with E-state index in [2.05, 4.69) is 49.4 Å². The smallest absolute Gasteiger partial charge is 0.135 e. The highest BCUT2D eigenvalue weighted by atomic mass is 35.5. The minimum absolute atomic E-state index is 0.402. The van der Waals surface area contributed by atoms with Gasteiger partial charge in [0.15, 0.2) is 0 Å². The van der Waals surface area contributed by atoms with Crippen molar-refractivity contribution < 1.29 is 4.42 Å². The Balaban J connectivity index is 1.88. The molecule has 0 fully saturated rings. The molecule has 4 heteroatoms. The zero-order valence-electron chi connectivity index (χ0n) is 14.3. The number of likely N-dealkylation sites (N-methyl/N-ethyl adjacent to an activating group) is 1. The van der Waals surface area contributed by atoms with Crippen molar-refractivity contribution in [1.82, 2.24) is 10.2 Å². The fraction of sp³-hybridized carbons (Fsp3) is 0.300. The molecule has 1 N–H and O–H groups in total. The Hall–Kier alpha value is -1.81. The molecule has 0 saturated carbocycles. The lowest BCUT2D eigenvalue weighted by Gasteiger charge is -2.19. The molecule has 1 unspecified atom stereocenters. The van der Waals surface area contributed by atoms with Crippen LogP contribution in [0, 0.1) is 0 Å². The van der Waals surface area contributed by atoms with Gasteiger partial charge in [0.25, 0.3) is 0 Å². The molecule has 0 saturated heterocycles. The van der Waals surface area contributed by atoms with Crippen LogP contribution in [-0.4, -0.2) is 31.6 Å². The minimum Gasteiger partial charge on any atom is -0.456 e. The van der Waals surface area contributed by atoms with Gasteiger partial charge in [-0.1, -0.05) is 35.9 Å². The largest absolute Gasteiger partial charge is 0.456 e. The molecule has 3 rings (SSSR count). The van der Waals surface area contributed by atoms with Gasteiger partial charge in [-0.3, -0.25) is 0 Å². The van der Waals surface area contributed by atoms with Crippen LogP contribution in [0.2, 0.25) is 5.02 Å². The number of benzene rings is 2. The van der Waals surface area contributed by atoms with Gasteiger partial charge >= 0.3 is 0 Å². The Morgan fingerprint density at radius 2 is 1.92 bits per heavy atom. The van der Waals surface area contributed by atoms with Crippen LogP contribution in [0.4, 0.5) is 0 Å². The van der Waals surface area contributed by atoms with Crippen LogP contribution < -0.4 is 5.32 Å². The van der Waals surface area contributed by atoms with Crippen molar-refractivity contribution in [3.63, 3.8) is 0 Å². The van der Waals surface area contributed by atoms with Gasteiger partial charge in [0.05, 0.1) is 0 Å². The summed E-state index contributed by atoms with van der Waals surface area (Å²) in [6.07, 6.45) is 0. The number of halogens is 1. The normalized spacial score (nSPS) is 12.9. The number of hydrogen-bond donors (Lipinski definition) is 1. The number of rotatable bonds is 6. The Kier molecular flexibility index (Phi) is 5.24. The maximum atomic E-state index is 6.23. The first-order valence-corrected chi connectivity index (χ1v) is 8.56. The summed E-state index contributed by atoms with van der Waals surface area (Å²) < 4.78 is 6.03. The lowest BCUT2D eigenvalue weighted by molar-refractivity contribution is 0.349. The second-order valence-corrected chi connectivity index (χ2v) is 6.93. The Morgan fingerprint density at radius 3 is 2.67 bits per heavy atom. The quantitative estimate of drug-likeness (QED) is 0.698. The summed E-state index contributed by atoms with van der Waals surface area (Å²) in [4.78, 5) is 2.18. The van der Waals surface area contributed by atoms with E-state index in [0.29, 0.717) is 6.04 Å². The first-order chi connectivity index (χ1) is 11.5. The SMILES string of the molecule is CC(CN(C)C)NCc1ccc(Cl)cc1-c1cc2ccccc2o1. The summed E-state index contributed by atoms with van der Waals surface area (Å²) in [5, 5.41) is 5.39. The van der Waals surface area contributed by atoms with Crippen molar-refractivity contribution in [1.29, 1.82) is 0 Å². The summed E-state index contributed by atoms with van der Waals surface area (Å²) in [7, 11) is 4.17. The number of hydrogen-bond acceptors (Lipinski definition) is 3. The van der Waals surface area contributed by atoms with Gasteiger partial charge < -0.3 is 14.6 Å². The summed E-state index contributed by atoms with van der Waals surface area (Å²) in [6.45, 7) is 3.96. The molecule has 2 aromatic carbocycles. The van der Waals surface area contributed by atoms with Crippen LogP contribution in [0.1, 0.15) is 12.5 Å². The molecule has 0 bridgehead atoms. The highest BCUT2D eigenvalue weighted by Gasteiger charge is 2.12. The van der Waals surface area contributed by atoms with Crippen molar-refractivity contribution in [2.75, 3.05) is 20.6 Å². The molecule has 0 amide bonds. The lowest BCUT2D eigenvalue weighted by atomic mass is 10.0. The van der Waals surface area contributed by atoms with E-state index in [1.165, 1.54) is 5.56 Å².